The van der Waals surface area contributed by atoms with E-state index >= 15 is 0 Å². The van der Waals surface area contributed by atoms with Gasteiger partial charge < -0.3 is 10.6 Å². The Bertz CT molecular complexity index is 681. The lowest BCUT2D eigenvalue weighted by molar-refractivity contribution is -0.121. The van der Waals surface area contributed by atoms with Crippen molar-refractivity contribution in [3.8, 4) is 0 Å². The van der Waals surface area contributed by atoms with E-state index in [0.29, 0.717) is 0 Å². The molecule has 1 aliphatic rings. The van der Waals surface area contributed by atoms with Gasteiger partial charge >= 0.3 is 0 Å². The fourth-order valence-corrected chi connectivity index (χ4v) is 2.47. The molecule has 2 rings (SSSR count). The number of nitrogens with one attached hydrogen (secondary N) is 2. The third-order valence-electron chi connectivity index (χ3n) is 3.80. The van der Waals surface area contributed by atoms with Crippen molar-refractivity contribution in [2.75, 3.05) is 7.05 Å². The van der Waals surface area contributed by atoms with E-state index in [-0.39, 0.29) is 11.9 Å². The van der Waals surface area contributed by atoms with E-state index in [1.807, 2.05) is 30.5 Å². The number of allylic oxidation sites excluding steroid dienone is 3. The number of carbonyl (C=O) groups excluding carboxylic acids is 1. The summed E-state index contributed by atoms with van der Waals surface area (Å²) in [6.07, 6.45) is 9.76. The van der Waals surface area contributed by atoms with Crippen LogP contribution in [0, 0.1) is 6.92 Å². The second kappa shape index (κ2) is 6.94. The van der Waals surface area contributed by atoms with Gasteiger partial charge in [0.2, 0.25) is 5.91 Å². The lowest BCUT2D eigenvalue weighted by Gasteiger charge is -2.18. The lowest BCUT2D eigenvalue weighted by Crippen LogP contribution is -2.40. The van der Waals surface area contributed by atoms with E-state index < -0.39 is 0 Å². The summed E-state index contributed by atoms with van der Waals surface area (Å²) in [4.78, 5) is 11.6. The number of hydrogen-bond acceptors (Lipinski definition) is 2. The average molecular weight is 294 g/mol. The normalized spacial score (nSPS) is 17.5. The van der Waals surface area contributed by atoms with Crippen molar-refractivity contribution in [3.63, 3.8) is 0 Å². The molecular formula is C19H22N2O. The number of hydrogen-bond donors (Lipinski definition) is 2. The number of aryl methyl sites for hydroxylation is 1. The summed E-state index contributed by atoms with van der Waals surface area (Å²) in [5.74, 6) is -0.0409. The van der Waals surface area contributed by atoms with Gasteiger partial charge in [-0.25, -0.2) is 0 Å². The summed E-state index contributed by atoms with van der Waals surface area (Å²) in [5, 5.41) is 5.74. The summed E-state index contributed by atoms with van der Waals surface area (Å²) in [5.41, 5.74) is 5.71. The molecular weight excluding hydrogens is 272 g/mol. The highest BCUT2D eigenvalue weighted by molar-refractivity contribution is 5.84. The molecule has 0 aromatic heterocycles. The van der Waals surface area contributed by atoms with Crippen molar-refractivity contribution in [1.82, 2.24) is 10.6 Å². The van der Waals surface area contributed by atoms with Crippen LogP contribution < -0.4 is 10.6 Å². The monoisotopic (exact) mass is 294 g/mol. The molecule has 0 aliphatic carbocycles. The molecule has 1 atom stereocenters. The first-order valence-electron chi connectivity index (χ1n) is 7.33. The zero-order chi connectivity index (χ0) is 16.1. The summed E-state index contributed by atoms with van der Waals surface area (Å²) in [6, 6.07) is 5.91. The van der Waals surface area contributed by atoms with Gasteiger partial charge in [0.25, 0.3) is 0 Å². The maximum absolute atomic E-state index is 11.6. The molecule has 2 N–H and O–H groups in total. The Balaban J connectivity index is 2.23. The largest absolute Gasteiger partial charge is 0.376 e. The standard InChI is InChI=1S/C19H22N2O/c1-5-17-13(2)7-6-8-15(17)11-14(3)16-9-10-18(21-12-16)19(22)20-4/h5-12,18,21H,1H2,2-4H3,(H,20,22)/b14-11+. The van der Waals surface area contributed by atoms with Gasteiger partial charge in [0, 0.05) is 13.2 Å². The molecule has 0 bridgehead atoms. The molecule has 1 heterocycles. The summed E-state index contributed by atoms with van der Waals surface area (Å²) in [7, 11) is 1.64. The van der Waals surface area contributed by atoms with E-state index in [2.05, 4.69) is 49.3 Å². The minimum absolute atomic E-state index is 0.0409. The first-order chi connectivity index (χ1) is 10.6. The fraction of sp³-hybridized carbons (Fsp3) is 0.211. The Labute approximate surface area is 132 Å². The lowest BCUT2D eigenvalue weighted by atomic mass is 9.97. The molecule has 0 fully saturated rings. The highest BCUT2D eigenvalue weighted by atomic mass is 16.2. The molecule has 1 aromatic rings. The van der Waals surface area contributed by atoms with Crippen LogP contribution in [0.4, 0.5) is 0 Å². The second-order valence-electron chi connectivity index (χ2n) is 5.33. The van der Waals surface area contributed by atoms with E-state index in [1.54, 1.807) is 7.05 Å². The van der Waals surface area contributed by atoms with E-state index in [1.165, 1.54) is 5.56 Å². The van der Waals surface area contributed by atoms with Crippen molar-refractivity contribution in [1.29, 1.82) is 0 Å². The number of dihydropyridines is 1. The van der Waals surface area contributed by atoms with Gasteiger partial charge in [-0.05, 0) is 41.7 Å². The molecule has 1 unspecified atom stereocenters. The zero-order valence-corrected chi connectivity index (χ0v) is 13.3. The molecule has 114 valence electrons. The van der Waals surface area contributed by atoms with Crippen molar-refractivity contribution in [2.45, 2.75) is 19.9 Å². The van der Waals surface area contributed by atoms with Crippen molar-refractivity contribution < 1.29 is 4.79 Å². The minimum Gasteiger partial charge on any atom is -0.376 e. The van der Waals surface area contributed by atoms with Crippen LogP contribution in [-0.4, -0.2) is 19.0 Å². The smallest absolute Gasteiger partial charge is 0.246 e. The third kappa shape index (κ3) is 3.37. The average Bonchev–Trinajstić information content (AvgIpc) is 2.54. The molecule has 3 nitrogen and oxygen atoms in total. The van der Waals surface area contributed by atoms with Gasteiger partial charge in [0.05, 0.1) is 0 Å². The fourth-order valence-electron chi connectivity index (χ4n) is 2.47. The number of likely N-dealkylation sites (N-methyl/N-ethyl adjacent to an activating group) is 1. The maximum Gasteiger partial charge on any atom is 0.246 e. The van der Waals surface area contributed by atoms with Crippen LogP contribution in [0.15, 0.2) is 54.3 Å². The third-order valence-corrected chi connectivity index (χ3v) is 3.80. The van der Waals surface area contributed by atoms with Crippen LogP contribution in [0.2, 0.25) is 0 Å². The van der Waals surface area contributed by atoms with Crippen molar-refractivity contribution >= 4 is 18.1 Å². The zero-order valence-electron chi connectivity index (χ0n) is 13.3. The first-order valence-corrected chi connectivity index (χ1v) is 7.33. The van der Waals surface area contributed by atoms with E-state index in [4.69, 9.17) is 0 Å². The molecule has 0 spiro atoms. The van der Waals surface area contributed by atoms with E-state index in [0.717, 1.165) is 22.3 Å². The molecule has 22 heavy (non-hydrogen) atoms. The van der Waals surface area contributed by atoms with Gasteiger partial charge in [-0.2, -0.15) is 0 Å². The number of benzene rings is 1. The highest BCUT2D eigenvalue weighted by Gasteiger charge is 2.15. The van der Waals surface area contributed by atoms with Gasteiger partial charge in [0.1, 0.15) is 6.04 Å². The SMILES string of the molecule is C=Cc1c(C)cccc1/C=C(\C)C1=CNC(C(=O)NC)C=C1. The Morgan fingerprint density at radius 1 is 1.41 bits per heavy atom. The molecule has 1 amide bonds. The minimum atomic E-state index is -0.302. The Morgan fingerprint density at radius 2 is 2.18 bits per heavy atom. The van der Waals surface area contributed by atoms with Crippen molar-refractivity contribution in [3.05, 3.63) is 71.0 Å². The quantitative estimate of drug-likeness (QED) is 0.895. The second-order valence-corrected chi connectivity index (χ2v) is 5.33. The maximum atomic E-state index is 11.6. The van der Waals surface area contributed by atoms with Crippen LogP contribution in [0.5, 0.6) is 0 Å². The van der Waals surface area contributed by atoms with Gasteiger partial charge in [-0.3, -0.25) is 4.79 Å². The number of amides is 1. The molecule has 0 radical (unpaired) electrons. The van der Waals surface area contributed by atoms with Crippen LogP contribution in [0.25, 0.3) is 12.2 Å². The van der Waals surface area contributed by atoms with Crippen molar-refractivity contribution in [2.24, 2.45) is 0 Å². The van der Waals surface area contributed by atoms with Gasteiger partial charge in [-0.15, -0.1) is 0 Å². The van der Waals surface area contributed by atoms with Crippen LogP contribution in [0.1, 0.15) is 23.6 Å². The van der Waals surface area contributed by atoms with Crippen LogP contribution in [-0.2, 0) is 4.79 Å². The molecule has 0 saturated carbocycles. The van der Waals surface area contributed by atoms with Gasteiger partial charge in [0.15, 0.2) is 0 Å². The van der Waals surface area contributed by atoms with Crippen LogP contribution in [0.3, 0.4) is 0 Å². The first kappa shape index (κ1) is 15.8. The van der Waals surface area contributed by atoms with Gasteiger partial charge in [-0.1, -0.05) is 49.1 Å². The Kier molecular flexibility index (Phi) is 4.99. The highest BCUT2D eigenvalue weighted by Crippen LogP contribution is 2.22. The molecule has 1 aliphatic heterocycles. The number of rotatable bonds is 4. The molecule has 1 aromatic carbocycles. The summed E-state index contributed by atoms with van der Waals surface area (Å²) in [6.45, 7) is 8.04. The topological polar surface area (TPSA) is 41.1 Å². The Hall–Kier alpha value is -2.55. The summed E-state index contributed by atoms with van der Waals surface area (Å²) < 4.78 is 0. The Morgan fingerprint density at radius 3 is 2.77 bits per heavy atom. The summed E-state index contributed by atoms with van der Waals surface area (Å²) >= 11 is 0. The van der Waals surface area contributed by atoms with E-state index in [9.17, 15) is 4.79 Å². The van der Waals surface area contributed by atoms with Crippen LogP contribution >= 0.6 is 0 Å². The molecule has 3 heteroatoms. The number of carbonyl (C=O) groups is 1. The molecule has 0 saturated heterocycles. The predicted octanol–water partition coefficient (Wildman–Crippen LogP) is 3.20. The predicted molar refractivity (Wildman–Crippen MR) is 93.1 cm³/mol.